The average Bonchev–Trinajstić information content (AvgIpc) is 2.36. The van der Waals surface area contributed by atoms with Crippen molar-refractivity contribution in [3.63, 3.8) is 0 Å². The van der Waals surface area contributed by atoms with Crippen LogP contribution in [0, 0.1) is 5.41 Å². The molecule has 0 aromatic heterocycles. The number of carbonyl (C=O) groups is 1. The monoisotopic (exact) mass is 339 g/mol. The van der Waals surface area contributed by atoms with Crippen LogP contribution in [0.15, 0.2) is 0 Å². The number of alkyl halides is 3. The van der Waals surface area contributed by atoms with Gasteiger partial charge in [-0.1, -0.05) is 13.8 Å². The van der Waals surface area contributed by atoms with E-state index in [2.05, 4.69) is 5.32 Å². The van der Waals surface area contributed by atoms with Crippen molar-refractivity contribution in [3.8, 4) is 0 Å². The summed E-state index contributed by atoms with van der Waals surface area (Å²) in [5.41, 5.74) is -2.86. The Labute approximate surface area is 135 Å². The maximum atomic E-state index is 12.8. The summed E-state index contributed by atoms with van der Waals surface area (Å²) in [6.07, 6.45) is -5.63. The standard InChI is InChI=1S/C15H28F3N3O2/c1-11(13(2,3)10-20(4)5)19-12(22)21-8-6-14(23,7-9-21)15(16,17)18/h11,23H,6-10H2,1-5H3,(H,19,22). The molecule has 23 heavy (non-hydrogen) atoms. The summed E-state index contributed by atoms with van der Waals surface area (Å²) in [5, 5.41) is 12.5. The molecule has 1 heterocycles. The van der Waals surface area contributed by atoms with Crippen molar-refractivity contribution in [1.82, 2.24) is 15.1 Å². The molecule has 1 rings (SSSR count). The second kappa shape index (κ2) is 6.84. The average molecular weight is 339 g/mol. The van der Waals surface area contributed by atoms with Crippen molar-refractivity contribution in [2.45, 2.75) is 51.4 Å². The van der Waals surface area contributed by atoms with Gasteiger partial charge in [-0.15, -0.1) is 0 Å². The summed E-state index contributed by atoms with van der Waals surface area (Å²) in [7, 11) is 3.89. The Kier molecular flexibility index (Phi) is 5.96. The minimum absolute atomic E-state index is 0.108. The van der Waals surface area contributed by atoms with Crippen LogP contribution in [-0.4, -0.2) is 72.5 Å². The fraction of sp³-hybridized carbons (Fsp3) is 0.933. The highest BCUT2D eigenvalue weighted by Gasteiger charge is 2.55. The largest absolute Gasteiger partial charge is 0.417 e. The van der Waals surface area contributed by atoms with Gasteiger partial charge >= 0.3 is 12.2 Å². The van der Waals surface area contributed by atoms with E-state index in [0.717, 1.165) is 6.54 Å². The van der Waals surface area contributed by atoms with Gasteiger partial charge in [-0.3, -0.25) is 0 Å². The highest BCUT2D eigenvalue weighted by molar-refractivity contribution is 5.74. The Hall–Kier alpha value is -1.02. The van der Waals surface area contributed by atoms with Gasteiger partial charge < -0.3 is 20.2 Å². The fourth-order valence-electron chi connectivity index (χ4n) is 2.79. The lowest BCUT2D eigenvalue weighted by Crippen LogP contribution is -2.57. The van der Waals surface area contributed by atoms with Crippen LogP contribution in [0.1, 0.15) is 33.6 Å². The van der Waals surface area contributed by atoms with Crippen molar-refractivity contribution in [2.75, 3.05) is 33.7 Å². The number of hydrogen-bond donors (Lipinski definition) is 2. The van der Waals surface area contributed by atoms with E-state index >= 15 is 0 Å². The van der Waals surface area contributed by atoms with Crippen LogP contribution in [0.5, 0.6) is 0 Å². The van der Waals surface area contributed by atoms with E-state index in [9.17, 15) is 23.1 Å². The van der Waals surface area contributed by atoms with Gasteiger partial charge in [-0.2, -0.15) is 13.2 Å². The lowest BCUT2D eigenvalue weighted by molar-refractivity contribution is -0.271. The molecule has 2 amide bonds. The number of nitrogens with one attached hydrogen (secondary N) is 1. The first-order chi connectivity index (χ1) is 10.3. The number of rotatable bonds is 4. The number of piperidine rings is 1. The Balaban J connectivity index is 2.58. The molecular formula is C15H28F3N3O2. The van der Waals surface area contributed by atoms with Gasteiger partial charge in [-0.25, -0.2) is 4.79 Å². The minimum atomic E-state index is -4.66. The van der Waals surface area contributed by atoms with E-state index in [1.807, 2.05) is 39.8 Å². The van der Waals surface area contributed by atoms with E-state index in [4.69, 9.17) is 0 Å². The zero-order chi connectivity index (χ0) is 18.1. The van der Waals surface area contributed by atoms with Crippen LogP contribution in [0.25, 0.3) is 0 Å². The van der Waals surface area contributed by atoms with Crippen LogP contribution >= 0.6 is 0 Å². The number of hydrogen-bond acceptors (Lipinski definition) is 3. The number of halogens is 3. The van der Waals surface area contributed by atoms with Gasteiger partial charge in [0.05, 0.1) is 0 Å². The second-order valence-corrected chi connectivity index (χ2v) is 7.41. The number of amides is 2. The highest BCUT2D eigenvalue weighted by Crippen LogP contribution is 2.38. The van der Waals surface area contributed by atoms with Crippen LogP contribution < -0.4 is 5.32 Å². The molecule has 1 unspecified atom stereocenters. The van der Waals surface area contributed by atoms with Crippen molar-refractivity contribution < 1.29 is 23.1 Å². The Morgan fingerprint density at radius 3 is 2.17 bits per heavy atom. The van der Waals surface area contributed by atoms with Gasteiger partial charge in [0.25, 0.3) is 0 Å². The van der Waals surface area contributed by atoms with Gasteiger partial charge in [0, 0.05) is 38.5 Å². The maximum Gasteiger partial charge on any atom is 0.417 e. The lowest BCUT2D eigenvalue weighted by atomic mass is 9.85. The van der Waals surface area contributed by atoms with Gasteiger partial charge in [-0.05, 0) is 26.4 Å². The summed E-state index contributed by atoms with van der Waals surface area (Å²) in [4.78, 5) is 15.6. The maximum absolute atomic E-state index is 12.8. The molecule has 0 radical (unpaired) electrons. The number of aliphatic hydroxyl groups is 1. The molecule has 2 N–H and O–H groups in total. The molecule has 5 nitrogen and oxygen atoms in total. The quantitative estimate of drug-likeness (QED) is 0.824. The molecule has 136 valence electrons. The molecule has 1 saturated heterocycles. The summed E-state index contributed by atoms with van der Waals surface area (Å²) in [6, 6.07) is -0.519. The zero-order valence-electron chi connectivity index (χ0n) is 14.5. The number of urea groups is 1. The predicted molar refractivity (Wildman–Crippen MR) is 82.1 cm³/mol. The third-order valence-corrected chi connectivity index (χ3v) is 4.64. The fourth-order valence-corrected chi connectivity index (χ4v) is 2.79. The third kappa shape index (κ3) is 4.97. The molecule has 0 spiro atoms. The SMILES string of the molecule is CC(NC(=O)N1CCC(O)(C(F)(F)F)CC1)C(C)(C)CN(C)C. The molecule has 0 saturated carbocycles. The van der Waals surface area contributed by atoms with E-state index in [0.29, 0.717) is 0 Å². The highest BCUT2D eigenvalue weighted by atomic mass is 19.4. The molecule has 1 aliphatic rings. The Morgan fingerprint density at radius 2 is 1.78 bits per heavy atom. The molecule has 0 bridgehead atoms. The summed E-state index contributed by atoms with van der Waals surface area (Å²) in [5.74, 6) is 0. The van der Waals surface area contributed by atoms with E-state index in [1.54, 1.807) is 0 Å². The second-order valence-electron chi connectivity index (χ2n) is 7.41. The molecule has 0 aromatic carbocycles. The number of likely N-dealkylation sites (tertiary alicyclic amines) is 1. The summed E-state index contributed by atoms with van der Waals surface area (Å²) >= 11 is 0. The van der Waals surface area contributed by atoms with Crippen LogP contribution in [0.4, 0.5) is 18.0 Å². The lowest BCUT2D eigenvalue weighted by Gasteiger charge is -2.40. The topological polar surface area (TPSA) is 55.8 Å². The van der Waals surface area contributed by atoms with Gasteiger partial charge in [0.2, 0.25) is 0 Å². The molecule has 1 atom stereocenters. The smallest absolute Gasteiger partial charge is 0.380 e. The van der Waals surface area contributed by atoms with Gasteiger partial charge in [0.1, 0.15) is 0 Å². The van der Waals surface area contributed by atoms with E-state index in [1.165, 1.54) is 4.90 Å². The van der Waals surface area contributed by atoms with Crippen LogP contribution in [0.2, 0.25) is 0 Å². The van der Waals surface area contributed by atoms with E-state index < -0.39 is 24.6 Å². The van der Waals surface area contributed by atoms with Crippen LogP contribution in [-0.2, 0) is 0 Å². The van der Waals surface area contributed by atoms with Crippen LogP contribution in [0.3, 0.4) is 0 Å². The molecule has 0 aliphatic carbocycles. The first-order valence-corrected chi connectivity index (χ1v) is 7.78. The molecule has 8 heteroatoms. The molecule has 1 aliphatic heterocycles. The van der Waals surface area contributed by atoms with Crippen molar-refractivity contribution in [3.05, 3.63) is 0 Å². The Bertz CT molecular complexity index is 417. The number of nitrogens with zero attached hydrogens (tertiary/aromatic N) is 2. The van der Waals surface area contributed by atoms with Crippen molar-refractivity contribution in [2.24, 2.45) is 5.41 Å². The van der Waals surface area contributed by atoms with Gasteiger partial charge in [0.15, 0.2) is 5.60 Å². The Morgan fingerprint density at radius 1 is 1.30 bits per heavy atom. The molecule has 1 fully saturated rings. The third-order valence-electron chi connectivity index (χ3n) is 4.64. The molecule has 0 aromatic rings. The zero-order valence-corrected chi connectivity index (χ0v) is 14.5. The predicted octanol–water partition coefficient (Wildman–Crippen LogP) is 2.06. The summed E-state index contributed by atoms with van der Waals surface area (Å²) < 4.78 is 38.3. The van der Waals surface area contributed by atoms with Crippen molar-refractivity contribution in [1.29, 1.82) is 0 Å². The normalized spacial score (nSPS) is 20.5. The summed E-state index contributed by atoms with van der Waals surface area (Å²) in [6.45, 7) is 6.48. The number of carbonyl (C=O) groups excluding carboxylic acids is 1. The first kappa shape index (κ1) is 20.0. The minimum Gasteiger partial charge on any atom is -0.380 e. The first-order valence-electron chi connectivity index (χ1n) is 7.78. The van der Waals surface area contributed by atoms with Crippen molar-refractivity contribution >= 4 is 6.03 Å². The molecular weight excluding hydrogens is 311 g/mol. The van der Waals surface area contributed by atoms with E-state index in [-0.39, 0.29) is 30.6 Å².